The quantitative estimate of drug-likeness (QED) is 0.462. The first-order chi connectivity index (χ1) is 15.7. The van der Waals surface area contributed by atoms with E-state index in [1.54, 1.807) is 6.92 Å². The maximum absolute atomic E-state index is 12.8. The molecule has 0 aromatic heterocycles. The lowest BCUT2D eigenvalue weighted by molar-refractivity contribution is -0.149. The zero-order chi connectivity index (χ0) is 24.2. The van der Waals surface area contributed by atoms with Crippen LogP contribution in [-0.4, -0.2) is 53.0 Å². The number of nitrogens with one attached hydrogen (secondary N) is 2. The van der Waals surface area contributed by atoms with E-state index < -0.39 is 36.2 Å². The van der Waals surface area contributed by atoms with Crippen molar-refractivity contribution in [2.45, 2.75) is 44.7 Å². The fourth-order valence-corrected chi connectivity index (χ4v) is 3.98. The molecule has 0 fully saturated rings. The number of amides is 2. The molecule has 0 bridgehead atoms. The molecule has 8 nitrogen and oxygen atoms in total. The van der Waals surface area contributed by atoms with Gasteiger partial charge in [-0.25, -0.2) is 9.59 Å². The number of ether oxygens (including phenoxy) is 1. The lowest BCUT2D eigenvalue weighted by Crippen LogP contribution is -2.61. The van der Waals surface area contributed by atoms with Crippen molar-refractivity contribution in [3.05, 3.63) is 59.7 Å². The van der Waals surface area contributed by atoms with Crippen molar-refractivity contribution in [1.82, 2.24) is 10.6 Å². The number of alkyl carbamates (subject to hydrolysis) is 1. The third-order valence-corrected chi connectivity index (χ3v) is 6.30. The second kappa shape index (κ2) is 10.0. The van der Waals surface area contributed by atoms with Crippen LogP contribution in [0.4, 0.5) is 4.79 Å². The van der Waals surface area contributed by atoms with E-state index in [4.69, 9.17) is 4.74 Å². The largest absolute Gasteiger partial charge is 0.479 e. The third-order valence-electron chi connectivity index (χ3n) is 6.30. The number of aliphatic carboxylic acids is 1. The van der Waals surface area contributed by atoms with E-state index in [9.17, 15) is 24.6 Å². The van der Waals surface area contributed by atoms with Gasteiger partial charge in [-0.05, 0) is 35.1 Å². The van der Waals surface area contributed by atoms with Gasteiger partial charge < -0.3 is 25.6 Å². The van der Waals surface area contributed by atoms with Crippen LogP contribution in [-0.2, 0) is 14.3 Å². The second-order valence-electron chi connectivity index (χ2n) is 8.62. The summed E-state index contributed by atoms with van der Waals surface area (Å²) in [7, 11) is 0. The molecule has 4 N–H and O–H groups in total. The van der Waals surface area contributed by atoms with Gasteiger partial charge in [0.2, 0.25) is 5.91 Å². The van der Waals surface area contributed by atoms with Crippen LogP contribution < -0.4 is 10.6 Å². The Morgan fingerprint density at radius 3 is 2.09 bits per heavy atom. The van der Waals surface area contributed by atoms with Crippen molar-refractivity contribution in [3.8, 4) is 11.1 Å². The van der Waals surface area contributed by atoms with Gasteiger partial charge in [0, 0.05) is 5.92 Å². The van der Waals surface area contributed by atoms with Crippen LogP contribution in [0.15, 0.2) is 48.5 Å². The average Bonchev–Trinajstić information content (AvgIpc) is 3.14. The number of carbonyl (C=O) groups excluding carboxylic acids is 2. The molecular weight excluding hydrogens is 424 g/mol. The van der Waals surface area contributed by atoms with Gasteiger partial charge in [-0.2, -0.15) is 0 Å². The molecule has 3 rings (SSSR count). The van der Waals surface area contributed by atoms with E-state index in [1.807, 2.05) is 55.5 Å². The molecule has 3 unspecified atom stereocenters. The summed E-state index contributed by atoms with van der Waals surface area (Å²) in [6, 6.07) is 14.9. The topological polar surface area (TPSA) is 125 Å². The molecule has 1 aliphatic carbocycles. The van der Waals surface area contributed by atoms with E-state index in [2.05, 4.69) is 10.6 Å². The van der Waals surface area contributed by atoms with E-state index in [0.717, 1.165) is 22.3 Å². The number of aliphatic hydroxyl groups excluding tert-OH is 1. The van der Waals surface area contributed by atoms with Crippen LogP contribution in [0.2, 0.25) is 0 Å². The van der Waals surface area contributed by atoms with Gasteiger partial charge in [0.1, 0.15) is 12.6 Å². The Balaban J connectivity index is 1.70. The van der Waals surface area contributed by atoms with Crippen LogP contribution in [0, 0.1) is 5.92 Å². The lowest BCUT2D eigenvalue weighted by Gasteiger charge is -2.29. The number of benzene rings is 2. The number of carbonyl (C=O) groups is 3. The molecule has 1 aliphatic rings. The first-order valence-corrected chi connectivity index (χ1v) is 11.0. The predicted octanol–water partition coefficient (Wildman–Crippen LogP) is 2.89. The van der Waals surface area contributed by atoms with Crippen molar-refractivity contribution < 1.29 is 29.3 Å². The molecule has 0 radical (unpaired) electrons. The number of aliphatic hydroxyl groups is 1. The van der Waals surface area contributed by atoms with Crippen LogP contribution in [0.1, 0.15) is 44.2 Å². The second-order valence-corrected chi connectivity index (χ2v) is 8.62. The smallest absolute Gasteiger partial charge is 0.407 e. The normalized spacial score (nSPS) is 16.0. The first-order valence-electron chi connectivity index (χ1n) is 11.0. The van der Waals surface area contributed by atoms with E-state index >= 15 is 0 Å². The minimum atomic E-state index is -1.86. The number of fused-ring (bicyclic) bond motifs is 3. The van der Waals surface area contributed by atoms with E-state index in [-0.39, 0.29) is 18.4 Å². The molecule has 2 aromatic rings. The minimum Gasteiger partial charge on any atom is -0.479 e. The minimum absolute atomic E-state index is 0.0954. The van der Waals surface area contributed by atoms with Gasteiger partial charge in [0.25, 0.3) is 0 Å². The molecular formula is C25H30N2O6. The maximum atomic E-state index is 12.8. The Kier molecular flexibility index (Phi) is 7.38. The van der Waals surface area contributed by atoms with Gasteiger partial charge >= 0.3 is 12.1 Å². The zero-order valence-corrected chi connectivity index (χ0v) is 19.0. The number of carboxylic acid groups (broad SMARTS) is 1. The van der Waals surface area contributed by atoms with Crippen LogP contribution >= 0.6 is 0 Å². The molecule has 0 saturated heterocycles. The third kappa shape index (κ3) is 5.01. The maximum Gasteiger partial charge on any atom is 0.407 e. The molecule has 0 heterocycles. The summed E-state index contributed by atoms with van der Waals surface area (Å²) in [5.41, 5.74) is 2.50. The van der Waals surface area contributed by atoms with Crippen molar-refractivity contribution in [3.63, 3.8) is 0 Å². The van der Waals surface area contributed by atoms with Crippen molar-refractivity contribution in [1.29, 1.82) is 0 Å². The SMILES string of the molecule is CCC(C)C(NC(=O)OCC1c2ccccc2-c2ccccc21)C(=O)NC(C)(CO)C(=O)O. The van der Waals surface area contributed by atoms with Gasteiger partial charge in [-0.3, -0.25) is 4.79 Å². The number of carboxylic acids is 1. The monoisotopic (exact) mass is 454 g/mol. The van der Waals surface area contributed by atoms with E-state index in [0.29, 0.717) is 6.42 Å². The van der Waals surface area contributed by atoms with Crippen LogP contribution in [0.3, 0.4) is 0 Å². The first kappa shape index (κ1) is 24.3. The number of hydrogen-bond acceptors (Lipinski definition) is 5. The summed E-state index contributed by atoms with van der Waals surface area (Å²) >= 11 is 0. The molecule has 3 atom stereocenters. The molecule has 2 amide bonds. The molecule has 0 saturated carbocycles. The summed E-state index contributed by atoms with van der Waals surface area (Å²) in [5, 5.41) is 23.6. The number of rotatable bonds is 9. The highest BCUT2D eigenvalue weighted by Gasteiger charge is 2.38. The van der Waals surface area contributed by atoms with Crippen molar-refractivity contribution in [2.24, 2.45) is 5.92 Å². The van der Waals surface area contributed by atoms with E-state index in [1.165, 1.54) is 6.92 Å². The Bertz CT molecular complexity index is 994. The van der Waals surface area contributed by atoms with Gasteiger partial charge in [-0.1, -0.05) is 68.8 Å². The fourth-order valence-electron chi connectivity index (χ4n) is 3.98. The predicted molar refractivity (Wildman–Crippen MR) is 123 cm³/mol. The van der Waals surface area contributed by atoms with Gasteiger partial charge in [0.05, 0.1) is 6.61 Å². The molecule has 0 aliphatic heterocycles. The van der Waals surface area contributed by atoms with Crippen molar-refractivity contribution in [2.75, 3.05) is 13.2 Å². The van der Waals surface area contributed by atoms with Gasteiger partial charge in [0.15, 0.2) is 5.54 Å². The Hall–Kier alpha value is -3.39. The Morgan fingerprint density at radius 1 is 1.06 bits per heavy atom. The molecule has 33 heavy (non-hydrogen) atoms. The standard InChI is InChI=1S/C25H30N2O6/c1-4-15(2)21(22(29)27-25(3,14-28)23(30)31)26-24(32)33-13-20-18-11-7-5-9-16(18)17-10-6-8-12-19(17)20/h5-12,15,20-21,28H,4,13-14H2,1-3H3,(H,26,32)(H,27,29)(H,30,31). The zero-order valence-electron chi connectivity index (χ0n) is 19.0. The molecule has 8 heteroatoms. The lowest BCUT2D eigenvalue weighted by atomic mass is 9.96. The average molecular weight is 455 g/mol. The van der Waals surface area contributed by atoms with Crippen molar-refractivity contribution >= 4 is 18.0 Å². The highest BCUT2D eigenvalue weighted by Crippen LogP contribution is 2.44. The Labute approximate surface area is 193 Å². The highest BCUT2D eigenvalue weighted by atomic mass is 16.5. The number of hydrogen-bond donors (Lipinski definition) is 4. The molecule has 176 valence electrons. The summed E-state index contributed by atoms with van der Waals surface area (Å²) in [4.78, 5) is 36.9. The molecule has 0 spiro atoms. The Morgan fingerprint density at radius 2 is 1.61 bits per heavy atom. The van der Waals surface area contributed by atoms with Gasteiger partial charge in [-0.15, -0.1) is 0 Å². The fraction of sp³-hybridized carbons (Fsp3) is 0.400. The van der Waals surface area contributed by atoms with Crippen LogP contribution in [0.25, 0.3) is 11.1 Å². The van der Waals surface area contributed by atoms with Crippen LogP contribution in [0.5, 0.6) is 0 Å². The summed E-state index contributed by atoms with van der Waals surface area (Å²) in [6.07, 6.45) is -0.205. The summed E-state index contributed by atoms with van der Waals surface area (Å²) in [6.45, 7) is 4.14. The molecule has 2 aromatic carbocycles. The highest BCUT2D eigenvalue weighted by molar-refractivity contribution is 5.91. The summed E-state index contributed by atoms with van der Waals surface area (Å²) < 4.78 is 5.52. The summed E-state index contributed by atoms with van der Waals surface area (Å²) in [5.74, 6) is -2.48.